The first-order valence-electron chi connectivity index (χ1n) is 6.72. The molecular weight excluding hydrogens is 322 g/mol. The van der Waals surface area contributed by atoms with E-state index in [-0.39, 0.29) is 11.4 Å². The van der Waals surface area contributed by atoms with E-state index in [2.05, 4.69) is 9.71 Å². The molecule has 0 saturated heterocycles. The van der Waals surface area contributed by atoms with Crippen LogP contribution >= 0.6 is 11.6 Å². The van der Waals surface area contributed by atoms with E-state index >= 15 is 0 Å². The molecule has 0 aliphatic heterocycles. The highest BCUT2D eigenvalue weighted by molar-refractivity contribution is 7.89. The number of pyridine rings is 1. The van der Waals surface area contributed by atoms with Crippen molar-refractivity contribution >= 4 is 27.3 Å². The monoisotopic (exact) mass is 335 g/mol. The number of aromatic nitrogens is 2. The summed E-state index contributed by atoms with van der Waals surface area (Å²) in [5.74, 6) is 0. The predicted molar refractivity (Wildman–Crippen MR) is 85.5 cm³/mol. The maximum atomic E-state index is 12.1. The van der Waals surface area contributed by atoms with Gasteiger partial charge in [-0.05, 0) is 36.4 Å². The second-order valence-electron chi connectivity index (χ2n) is 4.80. The third-order valence-electron chi connectivity index (χ3n) is 3.21. The normalized spacial score (nSPS) is 11.9. The van der Waals surface area contributed by atoms with E-state index in [9.17, 15) is 8.42 Å². The Balaban J connectivity index is 1.65. The average Bonchev–Trinajstić information content (AvgIpc) is 2.90. The molecule has 2 heterocycles. The van der Waals surface area contributed by atoms with Crippen molar-refractivity contribution in [1.82, 2.24) is 14.1 Å². The fraction of sp³-hybridized carbons (Fsp3) is 0.133. The lowest BCUT2D eigenvalue weighted by atomic mass is 10.3. The van der Waals surface area contributed by atoms with Gasteiger partial charge in [-0.1, -0.05) is 17.7 Å². The minimum Gasteiger partial charge on any atom is -0.307 e. The van der Waals surface area contributed by atoms with Crippen LogP contribution in [0.3, 0.4) is 0 Å². The van der Waals surface area contributed by atoms with E-state index in [1.807, 2.05) is 35.0 Å². The van der Waals surface area contributed by atoms with Gasteiger partial charge >= 0.3 is 0 Å². The number of hydrogen-bond acceptors (Lipinski definition) is 3. The molecule has 0 saturated carbocycles. The van der Waals surface area contributed by atoms with Crippen molar-refractivity contribution in [2.45, 2.75) is 11.3 Å². The summed E-state index contributed by atoms with van der Waals surface area (Å²) in [4.78, 5) is 4.63. The van der Waals surface area contributed by atoms with Crippen molar-refractivity contribution in [3.8, 4) is 0 Å². The van der Waals surface area contributed by atoms with Crippen LogP contribution in [0.1, 0.15) is 5.69 Å². The van der Waals surface area contributed by atoms with Gasteiger partial charge in [0.25, 0.3) is 0 Å². The summed E-state index contributed by atoms with van der Waals surface area (Å²) < 4.78 is 28.7. The Morgan fingerprint density at radius 2 is 1.91 bits per heavy atom. The van der Waals surface area contributed by atoms with E-state index in [1.54, 1.807) is 12.1 Å². The molecule has 0 aliphatic carbocycles. The zero-order chi connectivity index (χ0) is 15.6. The van der Waals surface area contributed by atoms with E-state index in [0.717, 1.165) is 11.3 Å². The van der Waals surface area contributed by atoms with Gasteiger partial charge in [0.1, 0.15) is 5.65 Å². The van der Waals surface area contributed by atoms with Crippen LogP contribution in [0, 0.1) is 0 Å². The predicted octanol–water partition coefficient (Wildman–Crippen LogP) is 2.51. The molecule has 7 heteroatoms. The maximum absolute atomic E-state index is 12.1. The SMILES string of the molecule is O=S(=O)(NCCc1cn2ccccc2n1)c1ccc(Cl)cc1. The lowest BCUT2D eigenvalue weighted by molar-refractivity contribution is 0.581. The number of fused-ring (bicyclic) bond motifs is 1. The lowest BCUT2D eigenvalue weighted by Gasteiger charge is -2.05. The molecule has 5 nitrogen and oxygen atoms in total. The first-order chi connectivity index (χ1) is 10.5. The van der Waals surface area contributed by atoms with Crippen LogP contribution < -0.4 is 4.72 Å². The van der Waals surface area contributed by atoms with Crippen LogP contribution in [0.25, 0.3) is 5.65 Å². The Morgan fingerprint density at radius 1 is 1.14 bits per heavy atom. The Bertz CT molecular complexity index is 856. The average molecular weight is 336 g/mol. The smallest absolute Gasteiger partial charge is 0.240 e. The Morgan fingerprint density at radius 3 is 2.64 bits per heavy atom. The van der Waals surface area contributed by atoms with Gasteiger partial charge in [-0.2, -0.15) is 0 Å². The lowest BCUT2D eigenvalue weighted by Crippen LogP contribution is -2.26. The number of imidazole rings is 1. The van der Waals surface area contributed by atoms with Crippen molar-refractivity contribution < 1.29 is 8.42 Å². The molecule has 0 spiro atoms. The van der Waals surface area contributed by atoms with Crippen molar-refractivity contribution in [1.29, 1.82) is 0 Å². The molecule has 1 aromatic carbocycles. The summed E-state index contributed by atoms with van der Waals surface area (Å²) in [6, 6.07) is 11.8. The standard InChI is InChI=1S/C15H14ClN3O2S/c16-12-4-6-14(7-5-12)22(20,21)17-9-8-13-11-19-10-2-1-3-15(19)18-13/h1-7,10-11,17H,8-9H2. The zero-order valence-corrected chi connectivity index (χ0v) is 13.2. The largest absolute Gasteiger partial charge is 0.307 e. The number of nitrogens with one attached hydrogen (secondary N) is 1. The van der Waals surface area contributed by atoms with E-state index < -0.39 is 10.0 Å². The van der Waals surface area contributed by atoms with Gasteiger partial charge < -0.3 is 4.40 Å². The molecule has 0 atom stereocenters. The first kappa shape index (κ1) is 15.0. The van der Waals surface area contributed by atoms with Gasteiger partial charge in [-0.3, -0.25) is 0 Å². The third kappa shape index (κ3) is 3.30. The number of nitrogens with zero attached hydrogens (tertiary/aromatic N) is 2. The summed E-state index contributed by atoms with van der Waals surface area (Å²) in [6.07, 6.45) is 4.32. The van der Waals surface area contributed by atoms with Gasteiger partial charge in [-0.25, -0.2) is 18.1 Å². The highest BCUT2D eigenvalue weighted by Gasteiger charge is 2.13. The quantitative estimate of drug-likeness (QED) is 0.779. The number of sulfonamides is 1. The topological polar surface area (TPSA) is 63.5 Å². The van der Waals surface area contributed by atoms with Gasteiger partial charge in [-0.15, -0.1) is 0 Å². The molecule has 3 rings (SSSR count). The summed E-state index contributed by atoms with van der Waals surface area (Å²) in [6.45, 7) is 0.287. The van der Waals surface area contributed by atoms with Gasteiger partial charge in [0.15, 0.2) is 0 Å². The molecule has 114 valence electrons. The van der Waals surface area contributed by atoms with Crippen molar-refractivity contribution in [2.75, 3.05) is 6.54 Å². The fourth-order valence-corrected chi connectivity index (χ4v) is 3.28. The summed E-state index contributed by atoms with van der Waals surface area (Å²) >= 11 is 5.76. The Hall–Kier alpha value is -1.89. The molecule has 0 amide bonds. The van der Waals surface area contributed by atoms with Crippen LogP contribution in [-0.4, -0.2) is 24.3 Å². The minimum absolute atomic E-state index is 0.201. The van der Waals surface area contributed by atoms with Crippen molar-refractivity contribution in [3.63, 3.8) is 0 Å². The number of halogens is 1. The number of rotatable bonds is 5. The fourth-order valence-electron chi connectivity index (χ4n) is 2.12. The molecule has 2 aromatic heterocycles. The van der Waals surface area contributed by atoms with E-state index in [0.29, 0.717) is 11.4 Å². The summed E-state index contributed by atoms with van der Waals surface area (Å²) in [5, 5.41) is 0.503. The van der Waals surface area contributed by atoms with E-state index in [4.69, 9.17) is 11.6 Å². The van der Waals surface area contributed by atoms with Crippen LogP contribution in [0.2, 0.25) is 5.02 Å². The number of benzene rings is 1. The van der Waals surface area contributed by atoms with Crippen LogP contribution in [0.5, 0.6) is 0 Å². The van der Waals surface area contributed by atoms with Crippen molar-refractivity contribution in [2.24, 2.45) is 0 Å². The van der Waals surface area contributed by atoms with Crippen molar-refractivity contribution in [3.05, 3.63) is 65.6 Å². The van der Waals surface area contributed by atoms with Gasteiger partial charge in [0, 0.05) is 30.4 Å². The van der Waals surface area contributed by atoms with E-state index in [1.165, 1.54) is 12.1 Å². The third-order valence-corrected chi connectivity index (χ3v) is 4.94. The minimum atomic E-state index is -3.52. The molecule has 1 N–H and O–H groups in total. The molecular formula is C15H14ClN3O2S. The summed E-state index contributed by atoms with van der Waals surface area (Å²) in [7, 11) is -3.52. The van der Waals surface area contributed by atoms with Gasteiger partial charge in [0.05, 0.1) is 10.6 Å². The Kier molecular flexibility index (Phi) is 4.15. The molecule has 22 heavy (non-hydrogen) atoms. The van der Waals surface area contributed by atoms with Gasteiger partial charge in [0.2, 0.25) is 10.0 Å². The molecule has 0 bridgehead atoms. The van der Waals surface area contributed by atoms with Crippen LogP contribution in [0.15, 0.2) is 59.8 Å². The molecule has 0 radical (unpaired) electrons. The Labute approximate surface area is 133 Å². The second kappa shape index (κ2) is 6.08. The zero-order valence-electron chi connectivity index (χ0n) is 11.6. The highest BCUT2D eigenvalue weighted by Crippen LogP contribution is 2.13. The maximum Gasteiger partial charge on any atom is 0.240 e. The molecule has 3 aromatic rings. The molecule has 0 aliphatic rings. The summed E-state index contributed by atoms with van der Waals surface area (Å²) in [5.41, 5.74) is 1.68. The van der Waals surface area contributed by atoms with Crippen LogP contribution in [0.4, 0.5) is 0 Å². The molecule has 0 unspecified atom stereocenters. The first-order valence-corrected chi connectivity index (χ1v) is 8.58. The highest BCUT2D eigenvalue weighted by atomic mass is 35.5. The van der Waals surface area contributed by atoms with Crippen LogP contribution in [-0.2, 0) is 16.4 Å². The number of hydrogen-bond donors (Lipinski definition) is 1. The molecule has 0 fully saturated rings. The second-order valence-corrected chi connectivity index (χ2v) is 7.00.